The van der Waals surface area contributed by atoms with Crippen molar-refractivity contribution in [2.24, 2.45) is 0 Å². The lowest BCUT2D eigenvalue weighted by Gasteiger charge is -2.28. The number of nitrogens with zero attached hydrogens (tertiary/aromatic N) is 1. The SMILES string of the molecule is CCc1cc(O)c2c(c1)C1CN(C(=O)O)CC1NC2=O. The van der Waals surface area contributed by atoms with Gasteiger partial charge in [-0.15, -0.1) is 0 Å². The Kier molecular flexibility index (Phi) is 2.81. The Bertz CT molecular complexity index is 599. The highest BCUT2D eigenvalue weighted by molar-refractivity contribution is 6.00. The molecule has 0 aliphatic carbocycles. The first-order chi connectivity index (χ1) is 9.51. The summed E-state index contributed by atoms with van der Waals surface area (Å²) in [6, 6.07) is 3.30. The second kappa shape index (κ2) is 4.40. The lowest BCUT2D eigenvalue weighted by molar-refractivity contribution is 0.0918. The first-order valence-corrected chi connectivity index (χ1v) is 6.65. The van der Waals surface area contributed by atoms with E-state index in [1.807, 2.05) is 13.0 Å². The lowest BCUT2D eigenvalue weighted by atomic mass is 9.84. The molecule has 6 nitrogen and oxygen atoms in total. The van der Waals surface area contributed by atoms with Crippen molar-refractivity contribution in [1.82, 2.24) is 10.2 Å². The van der Waals surface area contributed by atoms with Gasteiger partial charge in [0.15, 0.2) is 0 Å². The van der Waals surface area contributed by atoms with Crippen LogP contribution < -0.4 is 5.32 Å². The van der Waals surface area contributed by atoms with Gasteiger partial charge in [0.1, 0.15) is 5.75 Å². The van der Waals surface area contributed by atoms with Crippen molar-refractivity contribution in [3.8, 4) is 5.75 Å². The number of benzene rings is 1. The molecule has 3 rings (SSSR count). The fraction of sp³-hybridized carbons (Fsp3) is 0.429. The number of hydrogen-bond donors (Lipinski definition) is 3. The molecule has 0 spiro atoms. The van der Waals surface area contributed by atoms with E-state index in [4.69, 9.17) is 5.11 Å². The maximum absolute atomic E-state index is 12.1. The Labute approximate surface area is 116 Å². The number of phenols is 1. The molecule has 0 bridgehead atoms. The number of aromatic hydroxyl groups is 1. The summed E-state index contributed by atoms with van der Waals surface area (Å²) in [4.78, 5) is 24.5. The molecular formula is C14H16N2O4. The molecule has 1 aromatic carbocycles. The summed E-state index contributed by atoms with van der Waals surface area (Å²) in [7, 11) is 0. The zero-order valence-electron chi connectivity index (χ0n) is 11.1. The van der Waals surface area contributed by atoms with Crippen molar-refractivity contribution in [3.05, 3.63) is 28.8 Å². The average Bonchev–Trinajstić information content (AvgIpc) is 2.82. The Morgan fingerprint density at radius 2 is 2.20 bits per heavy atom. The number of carbonyl (C=O) groups excluding carboxylic acids is 1. The highest BCUT2D eigenvalue weighted by Crippen LogP contribution is 2.38. The van der Waals surface area contributed by atoms with E-state index >= 15 is 0 Å². The summed E-state index contributed by atoms with van der Waals surface area (Å²) < 4.78 is 0. The first-order valence-electron chi connectivity index (χ1n) is 6.65. The summed E-state index contributed by atoms with van der Waals surface area (Å²) in [5.41, 5.74) is 2.00. The molecule has 20 heavy (non-hydrogen) atoms. The zero-order valence-corrected chi connectivity index (χ0v) is 11.1. The van der Waals surface area contributed by atoms with E-state index in [0.717, 1.165) is 17.5 Å². The van der Waals surface area contributed by atoms with Gasteiger partial charge in [-0.1, -0.05) is 13.0 Å². The maximum atomic E-state index is 12.1. The van der Waals surface area contributed by atoms with Crippen LogP contribution in [0.15, 0.2) is 12.1 Å². The molecule has 2 aliphatic heterocycles. The van der Waals surface area contributed by atoms with Crippen LogP contribution in [-0.2, 0) is 6.42 Å². The molecule has 6 heteroatoms. The average molecular weight is 276 g/mol. The smallest absolute Gasteiger partial charge is 0.407 e. The maximum Gasteiger partial charge on any atom is 0.407 e. The van der Waals surface area contributed by atoms with E-state index < -0.39 is 6.09 Å². The second-order valence-corrected chi connectivity index (χ2v) is 5.31. The van der Waals surface area contributed by atoms with Crippen molar-refractivity contribution in [2.45, 2.75) is 25.3 Å². The molecule has 2 unspecified atom stereocenters. The molecule has 1 saturated heterocycles. The van der Waals surface area contributed by atoms with Gasteiger partial charge in [0.2, 0.25) is 0 Å². The third-order valence-corrected chi connectivity index (χ3v) is 4.15. The minimum absolute atomic E-state index is 0.0240. The first kappa shape index (κ1) is 12.8. The van der Waals surface area contributed by atoms with Crippen molar-refractivity contribution >= 4 is 12.0 Å². The molecule has 0 saturated carbocycles. The van der Waals surface area contributed by atoms with Crippen LogP contribution in [0, 0.1) is 0 Å². The van der Waals surface area contributed by atoms with Gasteiger partial charge in [-0.2, -0.15) is 0 Å². The highest BCUT2D eigenvalue weighted by atomic mass is 16.4. The number of amides is 2. The van der Waals surface area contributed by atoms with Crippen LogP contribution in [0.25, 0.3) is 0 Å². The summed E-state index contributed by atoms with van der Waals surface area (Å²) >= 11 is 0. The Morgan fingerprint density at radius 1 is 1.45 bits per heavy atom. The number of nitrogens with one attached hydrogen (secondary N) is 1. The number of fused-ring (bicyclic) bond motifs is 3. The standard InChI is InChI=1S/C14H16N2O4/c1-2-7-3-8-9-5-16(14(19)20)6-10(9)15-13(18)12(8)11(17)4-7/h3-4,9-10,17H,2,5-6H2,1H3,(H,15,18)(H,19,20). The largest absolute Gasteiger partial charge is 0.507 e. The minimum atomic E-state index is -0.980. The monoisotopic (exact) mass is 276 g/mol. The van der Waals surface area contributed by atoms with Crippen LogP contribution in [0.3, 0.4) is 0 Å². The number of aryl methyl sites for hydroxylation is 1. The number of rotatable bonds is 1. The number of carboxylic acid groups (broad SMARTS) is 1. The third-order valence-electron chi connectivity index (χ3n) is 4.15. The minimum Gasteiger partial charge on any atom is -0.507 e. The van der Waals surface area contributed by atoms with Gasteiger partial charge in [0, 0.05) is 19.0 Å². The number of likely N-dealkylation sites (tertiary alicyclic amines) is 1. The molecular weight excluding hydrogens is 260 g/mol. The van der Waals surface area contributed by atoms with Gasteiger partial charge in [0.05, 0.1) is 11.6 Å². The van der Waals surface area contributed by atoms with E-state index in [0.29, 0.717) is 13.1 Å². The summed E-state index contributed by atoms with van der Waals surface area (Å²) in [6.07, 6.45) is -0.228. The van der Waals surface area contributed by atoms with Crippen molar-refractivity contribution in [3.63, 3.8) is 0 Å². The van der Waals surface area contributed by atoms with Crippen LogP contribution in [0.5, 0.6) is 5.75 Å². The number of carbonyl (C=O) groups is 2. The van der Waals surface area contributed by atoms with Crippen molar-refractivity contribution in [1.29, 1.82) is 0 Å². The fourth-order valence-electron chi connectivity index (χ4n) is 3.12. The fourth-order valence-corrected chi connectivity index (χ4v) is 3.12. The second-order valence-electron chi connectivity index (χ2n) is 5.31. The quantitative estimate of drug-likeness (QED) is 0.717. The third kappa shape index (κ3) is 1.79. The van der Waals surface area contributed by atoms with Gasteiger partial charge in [-0.25, -0.2) is 4.79 Å². The van der Waals surface area contributed by atoms with Gasteiger partial charge in [-0.3, -0.25) is 4.79 Å². The molecule has 0 radical (unpaired) electrons. The molecule has 2 aliphatic rings. The van der Waals surface area contributed by atoms with Crippen LogP contribution in [0.2, 0.25) is 0 Å². The Balaban J connectivity index is 2.07. The topological polar surface area (TPSA) is 89.9 Å². The molecule has 2 atom stereocenters. The van der Waals surface area contributed by atoms with E-state index in [-0.39, 0.29) is 29.2 Å². The van der Waals surface area contributed by atoms with Crippen LogP contribution >= 0.6 is 0 Å². The number of phenolic OH excluding ortho intramolecular Hbond substituents is 1. The van der Waals surface area contributed by atoms with Gasteiger partial charge in [-0.05, 0) is 23.6 Å². The van der Waals surface area contributed by atoms with E-state index in [2.05, 4.69) is 5.32 Å². The molecule has 0 aromatic heterocycles. The van der Waals surface area contributed by atoms with E-state index in [9.17, 15) is 14.7 Å². The van der Waals surface area contributed by atoms with Crippen molar-refractivity contribution < 1.29 is 19.8 Å². The van der Waals surface area contributed by atoms with Gasteiger partial charge in [0.25, 0.3) is 5.91 Å². The summed E-state index contributed by atoms with van der Waals surface area (Å²) in [6.45, 7) is 2.61. The van der Waals surface area contributed by atoms with E-state index in [1.165, 1.54) is 4.90 Å². The Hall–Kier alpha value is -2.24. The molecule has 2 amide bonds. The molecule has 3 N–H and O–H groups in total. The van der Waals surface area contributed by atoms with Crippen molar-refractivity contribution in [2.75, 3.05) is 13.1 Å². The molecule has 106 valence electrons. The highest BCUT2D eigenvalue weighted by Gasteiger charge is 2.43. The Morgan fingerprint density at radius 3 is 2.85 bits per heavy atom. The molecule has 2 heterocycles. The summed E-state index contributed by atoms with van der Waals surface area (Å²) in [5, 5.41) is 21.9. The predicted octanol–water partition coefficient (Wildman–Crippen LogP) is 1.14. The van der Waals surface area contributed by atoms with Crippen LogP contribution in [-0.4, -0.2) is 46.2 Å². The number of hydrogen-bond acceptors (Lipinski definition) is 3. The predicted molar refractivity (Wildman–Crippen MR) is 71.1 cm³/mol. The normalized spacial score (nSPS) is 24.1. The lowest BCUT2D eigenvalue weighted by Crippen LogP contribution is -2.44. The van der Waals surface area contributed by atoms with Crippen LogP contribution in [0.4, 0.5) is 4.79 Å². The van der Waals surface area contributed by atoms with Gasteiger partial charge < -0.3 is 20.4 Å². The van der Waals surface area contributed by atoms with Crippen LogP contribution in [0.1, 0.15) is 34.3 Å². The van der Waals surface area contributed by atoms with Gasteiger partial charge >= 0.3 is 6.09 Å². The molecule has 1 fully saturated rings. The summed E-state index contributed by atoms with van der Waals surface area (Å²) in [5.74, 6) is -0.436. The zero-order chi connectivity index (χ0) is 14.4. The van der Waals surface area contributed by atoms with E-state index in [1.54, 1.807) is 6.07 Å². The molecule has 1 aromatic rings.